The Bertz CT molecular complexity index is 663. The molecule has 0 saturated carbocycles. The molecule has 2 aromatic rings. The summed E-state index contributed by atoms with van der Waals surface area (Å²) in [5.41, 5.74) is 3.11. The van der Waals surface area contributed by atoms with Gasteiger partial charge in [0.05, 0.1) is 11.4 Å². The van der Waals surface area contributed by atoms with Gasteiger partial charge in [0.1, 0.15) is 5.82 Å². The standard InChI is InChI=1S/C16H18BrN3O/c1-11-3-5-14(6-4-11)20-15(7-12(2)18-20)19-10-13(9-17)8-16(19)21/h3-7,13H,8-10H2,1-2H3. The lowest BCUT2D eigenvalue weighted by Crippen LogP contribution is -2.27. The van der Waals surface area contributed by atoms with E-state index in [1.54, 1.807) is 0 Å². The fraction of sp³-hybridized carbons (Fsp3) is 0.375. The van der Waals surface area contributed by atoms with Gasteiger partial charge in [0, 0.05) is 24.4 Å². The van der Waals surface area contributed by atoms with Gasteiger partial charge < -0.3 is 0 Å². The third-order valence-electron chi connectivity index (χ3n) is 3.79. The van der Waals surface area contributed by atoms with Gasteiger partial charge in [-0.25, -0.2) is 4.68 Å². The average molecular weight is 348 g/mol. The highest BCUT2D eigenvalue weighted by Crippen LogP contribution is 2.28. The molecule has 0 radical (unpaired) electrons. The summed E-state index contributed by atoms with van der Waals surface area (Å²) in [5.74, 6) is 1.41. The lowest BCUT2D eigenvalue weighted by molar-refractivity contribution is -0.117. The number of carbonyl (C=O) groups is 1. The van der Waals surface area contributed by atoms with Crippen LogP contribution in [0.5, 0.6) is 0 Å². The number of rotatable bonds is 3. The van der Waals surface area contributed by atoms with Crippen LogP contribution in [0.2, 0.25) is 0 Å². The molecule has 1 unspecified atom stereocenters. The van der Waals surface area contributed by atoms with Crippen molar-refractivity contribution in [2.24, 2.45) is 5.92 Å². The van der Waals surface area contributed by atoms with Crippen LogP contribution in [-0.2, 0) is 4.79 Å². The quantitative estimate of drug-likeness (QED) is 0.799. The minimum absolute atomic E-state index is 0.174. The van der Waals surface area contributed by atoms with E-state index in [0.717, 1.165) is 29.1 Å². The van der Waals surface area contributed by atoms with Crippen LogP contribution in [0, 0.1) is 19.8 Å². The summed E-state index contributed by atoms with van der Waals surface area (Å²) in [7, 11) is 0. The number of halogens is 1. The molecule has 1 aromatic heterocycles. The van der Waals surface area contributed by atoms with Crippen LogP contribution in [0.4, 0.5) is 5.82 Å². The summed E-state index contributed by atoms with van der Waals surface area (Å²) < 4.78 is 1.86. The summed E-state index contributed by atoms with van der Waals surface area (Å²) in [6.45, 7) is 4.77. The van der Waals surface area contributed by atoms with Crippen LogP contribution in [0.25, 0.3) is 5.69 Å². The number of benzene rings is 1. The Balaban J connectivity index is 2.00. The molecule has 110 valence electrons. The number of aromatic nitrogens is 2. The molecule has 2 heterocycles. The first-order valence-electron chi connectivity index (χ1n) is 7.08. The molecule has 3 rings (SSSR count). The van der Waals surface area contributed by atoms with Crippen molar-refractivity contribution in [3.8, 4) is 5.69 Å². The second-order valence-electron chi connectivity index (χ2n) is 5.62. The van der Waals surface area contributed by atoms with Crippen molar-refractivity contribution < 1.29 is 4.79 Å². The van der Waals surface area contributed by atoms with Gasteiger partial charge in [0.25, 0.3) is 0 Å². The van der Waals surface area contributed by atoms with Crippen LogP contribution in [0.3, 0.4) is 0 Å². The van der Waals surface area contributed by atoms with Crippen LogP contribution in [0.1, 0.15) is 17.7 Å². The number of hydrogen-bond acceptors (Lipinski definition) is 2. The fourth-order valence-corrected chi connectivity index (χ4v) is 3.09. The van der Waals surface area contributed by atoms with Crippen LogP contribution in [0.15, 0.2) is 30.3 Å². The molecule has 21 heavy (non-hydrogen) atoms. The number of amides is 1. The Hall–Kier alpha value is -1.62. The van der Waals surface area contributed by atoms with Gasteiger partial charge in [0.2, 0.25) is 5.91 Å². The van der Waals surface area contributed by atoms with Gasteiger partial charge in [0.15, 0.2) is 0 Å². The van der Waals surface area contributed by atoms with E-state index < -0.39 is 0 Å². The summed E-state index contributed by atoms with van der Waals surface area (Å²) in [5, 5.41) is 5.41. The lowest BCUT2D eigenvalue weighted by atomic mass is 10.2. The number of aryl methyl sites for hydroxylation is 2. The van der Waals surface area contributed by atoms with E-state index in [-0.39, 0.29) is 5.91 Å². The molecule has 1 aromatic carbocycles. The summed E-state index contributed by atoms with van der Waals surface area (Å²) in [4.78, 5) is 14.1. The Morgan fingerprint density at radius 2 is 2.00 bits per heavy atom. The maximum absolute atomic E-state index is 12.3. The van der Waals surface area contributed by atoms with Crippen molar-refractivity contribution in [3.05, 3.63) is 41.6 Å². The predicted octanol–water partition coefficient (Wildman–Crippen LogP) is 3.24. The van der Waals surface area contributed by atoms with E-state index in [1.165, 1.54) is 5.56 Å². The summed E-state index contributed by atoms with van der Waals surface area (Å²) in [6, 6.07) is 10.2. The van der Waals surface area contributed by atoms with E-state index in [4.69, 9.17) is 0 Å². The van der Waals surface area contributed by atoms with E-state index >= 15 is 0 Å². The van der Waals surface area contributed by atoms with Gasteiger partial charge in [-0.2, -0.15) is 5.10 Å². The molecule has 0 bridgehead atoms. The first-order chi connectivity index (χ1) is 10.1. The van der Waals surface area contributed by atoms with Crippen LogP contribution < -0.4 is 4.90 Å². The number of alkyl halides is 1. The maximum Gasteiger partial charge on any atom is 0.228 e. The molecule has 1 fully saturated rings. The minimum atomic E-state index is 0.174. The molecule has 1 saturated heterocycles. The molecule has 4 nitrogen and oxygen atoms in total. The van der Waals surface area contributed by atoms with E-state index in [9.17, 15) is 4.79 Å². The average Bonchev–Trinajstić information content (AvgIpc) is 3.02. The highest BCUT2D eigenvalue weighted by atomic mass is 79.9. The Morgan fingerprint density at radius 1 is 1.29 bits per heavy atom. The number of anilines is 1. The topological polar surface area (TPSA) is 38.1 Å². The zero-order valence-electron chi connectivity index (χ0n) is 12.2. The van der Waals surface area contributed by atoms with Gasteiger partial charge in [-0.05, 0) is 31.9 Å². The van der Waals surface area contributed by atoms with E-state index in [1.807, 2.05) is 34.7 Å². The Kier molecular flexibility index (Phi) is 3.85. The number of carbonyl (C=O) groups excluding carboxylic acids is 1. The molecule has 1 aliphatic heterocycles. The maximum atomic E-state index is 12.3. The van der Waals surface area contributed by atoms with Crippen LogP contribution in [-0.4, -0.2) is 27.6 Å². The molecule has 1 atom stereocenters. The normalized spacial score (nSPS) is 18.5. The van der Waals surface area contributed by atoms with Gasteiger partial charge in [-0.3, -0.25) is 9.69 Å². The fourth-order valence-electron chi connectivity index (χ4n) is 2.66. The molecular weight excluding hydrogens is 330 g/mol. The number of hydrogen-bond donors (Lipinski definition) is 0. The summed E-state index contributed by atoms with van der Waals surface area (Å²) in [6.07, 6.45) is 0.601. The van der Waals surface area contributed by atoms with E-state index in [2.05, 4.69) is 40.1 Å². The SMILES string of the molecule is Cc1ccc(-n2nc(C)cc2N2CC(CBr)CC2=O)cc1. The first kappa shape index (κ1) is 14.3. The van der Waals surface area contributed by atoms with Gasteiger partial charge >= 0.3 is 0 Å². The second kappa shape index (κ2) is 5.64. The largest absolute Gasteiger partial charge is 0.296 e. The van der Waals surface area contributed by atoms with Crippen LogP contribution >= 0.6 is 15.9 Å². The first-order valence-corrected chi connectivity index (χ1v) is 8.20. The molecule has 5 heteroatoms. The zero-order chi connectivity index (χ0) is 15.0. The highest BCUT2D eigenvalue weighted by molar-refractivity contribution is 9.09. The van der Waals surface area contributed by atoms with Gasteiger partial charge in [-0.1, -0.05) is 33.6 Å². The van der Waals surface area contributed by atoms with Crippen molar-refractivity contribution in [3.63, 3.8) is 0 Å². The molecule has 0 spiro atoms. The molecular formula is C16H18BrN3O. The Morgan fingerprint density at radius 3 is 2.62 bits per heavy atom. The Labute approximate surface area is 132 Å². The summed E-state index contributed by atoms with van der Waals surface area (Å²) >= 11 is 3.48. The molecule has 0 aliphatic carbocycles. The van der Waals surface area contributed by atoms with Crippen molar-refractivity contribution in [2.75, 3.05) is 16.8 Å². The zero-order valence-corrected chi connectivity index (χ0v) is 13.8. The minimum Gasteiger partial charge on any atom is -0.296 e. The van der Waals surface area contributed by atoms with Crippen molar-refractivity contribution in [2.45, 2.75) is 20.3 Å². The monoisotopic (exact) mass is 347 g/mol. The molecule has 0 N–H and O–H groups in total. The molecule has 1 amide bonds. The van der Waals surface area contributed by atoms with Crippen molar-refractivity contribution in [1.29, 1.82) is 0 Å². The van der Waals surface area contributed by atoms with E-state index in [0.29, 0.717) is 12.3 Å². The van der Waals surface area contributed by atoms with Gasteiger partial charge in [-0.15, -0.1) is 0 Å². The number of nitrogens with zero attached hydrogens (tertiary/aromatic N) is 3. The van der Waals surface area contributed by atoms with Crippen molar-refractivity contribution in [1.82, 2.24) is 9.78 Å². The molecule has 1 aliphatic rings. The second-order valence-corrected chi connectivity index (χ2v) is 6.27. The third-order valence-corrected chi connectivity index (χ3v) is 4.71. The van der Waals surface area contributed by atoms with Crippen molar-refractivity contribution >= 4 is 27.7 Å². The predicted molar refractivity (Wildman–Crippen MR) is 87.3 cm³/mol. The third kappa shape index (κ3) is 2.75. The highest BCUT2D eigenvalue weighted by Gasteiger charge is 2.32. The smallest absolute Gasteiger partial charge is 0.228 e. The lowest BCUT2D eigenvalue weighted by Gasteiger charge is -2.18.